The van der Waals surface area contributed by atoms with Gasteiger partial charge in [-0.25, -0.2) is 13.2 Å². The lowest BCUT2D eigenvalue weighted by Crippen LogP contribution is -2.67. The fourth-order valence-electron chi connectivity index (χ4n) is 5.30. The molecule has 6 atom stereocenters. The number of nitrogens with zero attached hydrogens (tertiary/aromatic N) is 1. The van der Waals surface area contributed by atoms with Gasteiger partial charge in [-0.05, 0) is 18.3 Å². The smallest absolute Gasteiger partial charge is 0.335 e. The minimum absolute atomic E-state index is 0.0188. The van der Waals surface area contributed by atoms with Gasteiger partial charge in [0.1, 0.15) is 11.9 Å². The van der Waals surface area contributed by atoms with E-state index in [-0.39, 0.29) is 43.2 Å². The number of nitrogens with two attached hydrogens (primary N) is 1. The summed E-state index contributed by atoms with van der Waals surface area (Å²) < 4.78 is 38.0. The molecule has 0 spiro atoms. The molecule has 1 heterocycles. The highest BCUT2D eigenvalue weighted by atomic mass is 32.2. The van der Waals surface area contributed by atoms with Crippen LogP contribution in [-0.4, -0.2) is 81.1 Å². The molecule has 0 radical (unpaired) electrons. The summed E-state index contributed by atoms with van der Waals surface area (Å²) in [5.74, 6) is -7.01. The van der Waals surface area contributed by atoms with Gasteiger partial charge in [-0.3, -0.25) is 23.9 Å². The number of hydrogen-bond donors (Lipinski definition) is 3. The third kappa shape index (κ3) is 7.73. The maximum atomic E-state index is 13.5. The highest BCUT2D eigenvalue weighted by Crippen LogP contribution is 2.48. The lowest BCUT2D eigenvalue weighted by Gasteiger charge is -2.41. The number of methoxy groups -OCH3 is 1. The summed E-state index contributed by atoms with van der Waals surface area (Å²) in [6, 6.07) is 0. The Morgan fingerprint density at radius 1 is 1.10 bits per heavy atom. The van der Waals surface area contributed by atoms with Crippen molar-refractivity contribution in [3.05, 3.63) is 11.8 Å². The minimum Gasteiger partial charge on any atom is -0.467 e. The Balaban J connectivity index is 2.46. The average Bonchev–Trinajstić information content (AvgIpc) is 3.14. The van der Waals surface area contributed by atoms with E-state index in [9.17, 15) is 32.4 Å². The number of sulfonamides is 1. The van der Waals surface area contributed by atoms with Crippen molar-refractivity contribution in [1.29, 1.82) is 0 Å². The quantitative estimate of drug-likeness (QED) is 0.251. The average molecular weight is 587 g/mol. The van der Waals surface area contributed by atoms with Crippen molar-refractivity contribution >= 4 is 39.7 Å². The molecule has 13 nitrogen and oxygen atoms in total. The van der Waals surface area contributed by atoms with Crippen LogP contribution in [0.2, 0.25) is 0 Å². The minimum atomic E-state index is -4.43. The summed E-state index contributed by atoms with van der Waals surface area (Å²) in [5, 5.41) is 2.50. The summed E-state index contributed by atoms with van der Waals surface area (Å²) in [6.07, 6.45) is 1.57. The Morgan fingerprint density at radius 2 is 1.70 bits per heavy atom. The first-order chi connectivity index (χ1) is 18.6. The van der Waals surface area contributed by atoms with Crippen molar-refractivity contribution < 1.29 is 41.9 Å². The summed E-state index contributed by atoms with van der Waals surface area (Å²) in [7, 11) is -1.70. The van der Waals surface area contributed by atoms with Crippen LogP contribution in [0.3, 0.4) is 0 Å². The van der Waals surface area contributed by atoms with Crippen LogP contribution in [0.25, 0.3) is 0 Å². The summed E-state index contributed by atoms with van der Waals surface area (Å²) in [5.41, 5.74) is 3.77. The first-order valence-electron chi connectivity index (χ1n) is 13.4. The zero-order valence-electron chi connectivity index (χ0n) is 24.0. The number of ether oxygens (including phenoxy) is 2. The molecule has 0 aromatic carbocycles. The van der Waals surface area contributed by atoms with E-state index < -0.39 is 68.9 Å². The van der Waals surface area contributed by atoms with Crippen molar-refractivity contribution in [2.45, 2.75) is 71.4 Å². The molecule has 0 aromatic rings. The largest absolute Gasteiger partial charge is 0.467 e. The lowest BCUT2D eigenvalue weighted by molar-refractivity contribution is -0.167. The van der Waals surface area contributed by atoms with Gasteiger partial charge in [0.2, 0.25) is 27.7 Å². The molecule has 1 aliphatic carbocycles. The maximum absolute atomic E-state index is 13.5. The van der Waals surface area contributed by atoms with E-state index in [1.54, 1.807) is 18.9 Å². The normalized spacial score (nSPS) is 25.6. The van der Waals surface area contributed by atoms with Crippen LogP contribution in [0.4, 0.5) is 0 Å². The Hall–Kier alpha value is -3.16. The number of hydrogen-bond acceptors (Lipinski definition) is 10. The Labute approximate surface area is 235 Å². The van der Waals surface area contributed by atoms with E-state index in [4.69, 9.17) is 15.2 Å². The molecule has 14 heteroatoms. The molecule has 226 valence electrons. The highest BCUT2D eigenvalue weighted by Gasteiger charge is 2.65. The Bertz CT molecular complexity index is 1140. The predicted octanol–water partition coefficient (Wildman–Crippen LogP) is 0.195. The zero-order valence-corrected chi connectivity index (χ0v) is 24.8. The number of amides is 3. The molecule has 0 bridgehead atoms. The van der Waals surface area contributed by atoms with Gasteiger partial charge in [0.15, 0.2) is 5.54 Å². The van der Waals surface area contributed by atoms with Crippen LogP contribution >= 0.6 is 0 Å². The van der Waals surface area contributed by atoms with Crippen LogP contribution in [-0.2, 0) is 43.5 Å². The topological polar surface area (TPSA) is 191 Å². The van der Waals surface area contributed by atoms with Crippen molar-refractivity contribution in [1.82, 2.24) is 14.9 Å². The monoisotopic (exact) mass is 586 g/mol. The summed E-state index contributed by atoms with van der Waals surface area (Å²) >= 11 is 0. The van der Waals surface area contributed by atoms with E-state index in [0.29, 0.717) is 12.8 Å². The summed E-state index contributed by atoms with van der Waals surface area (Å²) in [4.78, 5) is 65.6. The van der Waals surface area contributed by atoms with E-state index in [2.05, 4.69) is 5.32 Å². The second kappa shape index (κ2) is 13.5. The lowest BCUT2D eigenvalue weighted by atomic mass is 9.77. The molecule has 0 unspecified atom stereocenters. The van der Waals surface area contributed by atoms with E-state index in [0.717, 1.165) is 7.11 Å². The standard InChI is InChI=1S/C26H42N4O9S/c1-7-15(3)9-21(31)29-40(36,37)14-22(32)28-26(25(35)38-6)19-13-30(5)12-18(24(27)34)17(19)11-20(26)39-23(33)10-16(4)8-2/h12,15-17,19-20H,7-11,13-14H2,1-6H3,(H2,27,34)(H,28,32)(H,29,31)/t15-,16-,17-,19+,20-,26+/m0/s1. The van der Waals surface area contributed by atoms with Crippen LogP contribution in [0.1, 0.15) is 59.8 Å². The SMILES string of the molecule is CC[C@H](C)CC(=O)NS(=O)(=O)CC(=O)N[C@@]1(C(=O)OC)[C@@H](OC(=O)C[C@@H](C)CC)C[C@H]2C(C(N)=O)=CN(C)C[C@H]21. The van der Waals surface area contributed by atoms with Crippen LogP contribution in [0.5, 0.6) is 0 Å². The molecule has 3 amide bonds. The number of primary amides is 1. The number of nitrogens with one attached hydrogen (secondary N) is 2. The number of carbonyl (C=O) groups excluding carboxylic acids is 5. The first-order valence-corrected chi connectivity index (χ1v) is 15.1. The van der Waals surface area contributed by atoms with Gasteiger partial charge in [-0.2, -0.15) is 0 Å². The van der Waals surface area contributed by atoms with E-state index in [1.165, 1.54) is 6.20 Å². The van der Waals surface area contributed by atoms with Crippen LogP contribution in [0, 0.1) is 23.7 Å². The number of fused-ring (bicyclic) bond motifs is 1. The molecule has 1 aliphatic heterocycles. The first kappa shape index (κ1) is 33.0. The molecule has 40 heavy (non-hydrogen) atoms. The van der Waals surface area contributed by atoms with Gasteiger partial charge in [-0.15, -0.1) is 0 Å². The van der Waals surface area contributed by atoms with Crippen molar-refractivity contribution in [2.24, 2.45) is 29.4 Å². The third-order valence-corrected chi connectivity index (χ3v) is 8.93. The van der Waals surface area contributed by atoms with Gasteiger partial charge in [0.05, 0.1) is 7.11 Å². The number of esters is 2. The second-order valence-electron chi connectivity index (χ2n) is 10.9. The molecular weight excluding hydrogens is 544 g/mol. The van der Waals surface area contributed by atoms with Crippen molar-refractivity contribution in [2.75, 3.05) is 26.5 Å². The third-order valence-electron chi connectivity index (χ3n) is 7.75. The maximum Gasteiger partial charge on any atom is 0.335 e. The van der Waals surface area contributed by atoms with Gasteiger partial charge in [0, 0.05) is 50.0 Å². The van der Waals surface area contributed by atoms with E-state index >= 15 is 0 Å². The van der Waals surface area contributed by atoms with Gasteiger partial charge < -0.3 is 25.4 Å². The second-order valence-corrected chi connectivity index (χ2v) is 12.7. The molecule has 0 saturated heterocycles. The molecule has 0 aromatic heterocycles. The fourth-order valence-corrected chi connectivity index (χ4v) is 6.22. The van der Waals surface area contributed by atoms with Gasteiger partial charge in [0.25, 0.3) is 0 Å². The van der Waals surface area contributed by atoms with E-state index in [1.807, 2.05) is 25.5 Å². The Kier molecular flexibility index (Phi) is 11.1. The molecule has 1 fully saturated rings. The van der Waals surface area contributed by atoms with Gasteiger partial charge in [-0.1, -0.05) is 40.5 Å². The van der Waals surface area contributed by atoms with Crippen LogP contribution < -0.4 is 15.8 Å². The molecule has 2 rings (SSSR count). The van der Waals surface area contributed by atoms with Crippen molar-refractivity contribution in [3.8, 4) is 0 Å². The Morgan fingerprint density at radius 3 is 2.25 bits per heavy atom. The van der Waals surface area contributed by atoms with Crippen LogP contribution in [0.15, 0.2) is 11.8 Å². The fraction of sp³-hybridized carbons (Fsp3) is 0.731. The number of carbonyl (C=O) groups is 5. The highest BCUT2D eigenvalue weighted by molar-refractivity contribution is 7.90. The molecular formula is C26H42N4O9S. The molecule has 1 saturated carbocycles. The predicted molar refractivity (Wildman–Crippen MR) is 144 cm³/mol. The number of rotatable bonds is 13. The van der Waals surface area contributed by atoms with Gasteiger partial charge >= 0.3 is 11.9 Å². The zero-order chi connectivity index (χ0) is 30.4. The molecule has 4 N–H and O–H groups in total. The summed E-state index contributed by atoms with van der Waals surface area (Å²) in [6.45, 7) is 7.54. The molecule has 2 aliphatic rings. The van der Waals surface area contributed by atoms with Crippen molar-refractivity contribution in [3.63, 3.8) is 0 Å².